The van der Waals surface area contributed by atoms with E-state index in [1.807, 2.05) is 6.07 Å². The second-order valence-electron chi connectivity index (χ2n) is 4.37. The van der Waals surface area contributed by atoms with Gasteiger partial charge < -0.3 is 5.11 Å². The predicted molar refractivity (Wildman–Crippen MR) is 79.8 cm³/mol. The Morgan fingerprint density at radius 2 is 1.95 bits per heavy atom. The van der Waals surface area contributed by atoms with Crippen LogP contribution in [0.5, 0.6) is 0 Å². The topological polar surface area (TPSA) is 104 Å². The molecule has 0 aliphatic carbocycles. The first-order valence-electron chi connectivity index (χ1n) is 6.22. The first-order chi connectivity index (χ1) is 10.5. The summed E-state index contributed by atoms with van der Waals surface area (Å²) in [5, 5.41) is 29.2. The van der Waals surface area contributed by atoms with Crippen molar-refractivity contribution in [1.29, 1.82) is 5.26 Å². The van der Waals surface area contributed by atoms with Crippen molar-refractivity contribution in [3.05, 3.63) is 75.3 Å². The molecule has 2 aromatic rings. The number of nitriles is 1. The Morgan fingerprint density at radius 3 is 2.59 bits per heavy atom. The smallest absolute Gasteiger partial charge is 0.336 e. The van der Waals surface area contributed by atoms with E-state index in [4.69, 9.17) is 5.26 Å². The van der Waals surface area contributed by atoms with Crippen molar-refractivity contribution >= 4 is 23.3 Å². The zero-order valence-corrected chi connectivity index (χ0v) is 11.3. The number of rotatable bonds is 4. The van der Waals surface area contributed by atoms with E-state index in [0.717, 1.165) is 0 Å². The molecular formula is C16H10N2O4. The summed E-state index contributed by atoms with van der Waals surface area (Å²) in [5.41, 5.74) is 0.508. The van der Waals surface area contributed by atoms with Crippen LogP contribution in [0.3, 0.4) is 0 Å². The summed E-state index contributed by atoms with van der Waals surface area (Å²) in [5.74, 6) is -1.23. The van der Waals surface area contributed by atoms with Crippen LogP contribution >= 0.6 is 0 Å². The number of carbonyl (C=O) groups is 1. The van der Waals surface area contributed by atoms with Gasteiger partial charge in [0.05, 0.1) is 27.7 Å². The van der Waals surface area contributed by atoms with Crippen LogP contribution in [0.15, 0.2) is 48.5 Å². The number of benzene rings is 2. The lowest BCUT2D eigenvalue weighted by Gasteiger charge is -2.04. The van der Waals surface area contributed by atoms with E-state index in [-0.39, 0.29) is 16.8 Å². The number of carboxylic acid groups (broad SMARTS) is 1. The standard InChI is InChI=1S/C16H10N2O4/c17-10-11-4-3-6-12(8-11)14(16(19)20)9-13-5-1-2-7-15(13)18(21)22/h1-9H,(H,19,20)/b14-9+. The SMILES string of the molecule is N#Cc1cccc(/C(=C\c2ccccc2[N+](=O)[O-])C(=O)O)c1. The fourth-order valence-corrected chi connectivity index (χ4v) is 1.96. The molecule has 2 rings (SSSR count). The maximum absolute atomic E-state index is 11.5. The second kappa shape index (κ2) is 6.33. The molecule has 0 radical (unpaired) electrons. The number of nitrogens with zero attached hydrogens (tertiary/aromatic N) is 2. The van der Waals surface area contributed by atoms with Gasteiger partial charge >= 0.3 is 5.97 Å². The zero-order valence-electron chi connectivity index (χ0n) is 11.3. The van der Waals surface area contributed by atoms with E-state index >= 15 is 0 Å². The summed E-state index contributed by atoms with van der Waals surface area (Å²) in [7, 11) is 0. The van der Waals surface area contributed by atoms with Crippen molar-refractivity contribution in [3.8, 4) is 6.07 Å². The first kappa shape index (κ1) is 14.9. The molecule has 22 heavy (non-hydrogen) atoms. The molecule has 0 saturated heterocycles. The lowest BCUT2D eigenvalue weighted by molar-refractivity contribution is -0.385. The number of hydrogen-bond acceptors (Lipinski definition) is 4. The minimum atomic E-state index is -1.23. The van der Waals surface area contributed by atoms with Crippen molar-refractivity contribution in [2.45, 2.75) is 0 Å². The van der Waals surface area contributed by atoms with Gasteiger partial charge in [0.15, 0.2) is 0 Å². The molecule has 0 spiro atoms. The third-order valence-corrected chi connectivity index (χ3v) is 2.97. The Labute approximate surface area is 125 Å². The van der Waals surface area contributed by atoms with Gasteiger partial charge in [-0.3, -0.25) is 10.1 Å². The molecule has 0 unspecified atom stereocenters. The second-order valence-corrected chi connectivity index (χ2v) is 4.37. The molecule has 0 amide bonds. The Balaban J connectivity index is 2.60. The van der Waals surface area contributed by atoms with Gasteiger partial charge in [-0.2, -0.15) is 5.26 Å². The van der Waals surface area contributed by atoms with Crippen molar-refractivity contribution < 1.29 is 14.8 Å². The van der Waals surface area contributed by atoms with E-state index in [2.05, 4.69) is 0 Å². The van der Waals surface area contributed by atoms with E-state index in [9.17, 15) is 20.0 Å². The molecule has 0 saturated carbocycles. The average molecular weight is 294 g/mol. The molecule has 6 nitrogen and oxygen atoms in total. The molecule has 0 heterocycles. The summed E-state index contributed by atoms with van der Waals surface area (Å²) < 4.78 is 0. The minimum absolute atomic E-state index is 0.119. The predicted octanol–water partition coefficient (Wildman–Crippen LogP) is 3.09. The average Bonchev–Trinajstić information content (AvgIpc) is 2.52. The van der Waals surface area contributed by atoms with Crippen molar-refractivity contribution in [2.24, 2.45) is 0 Å². The monoisotopic (exact) mass is 294 g/mol. The fraction of sp³-hybridized carbons (Fsp3) is 0. The normalized spacial score (nSPS) is 10.8. The molecule has 1 N–H and O–H groups in total. The molecule has 0 aliphatic rings. The highest BCUT2D eigenvalue weighted by Crippen LogP contribution is 2.25. The third-order valence-electron chi connectivity index (χ3n) is 2.97. The Morgan fingerprint density at radius 1 is 1.23 bits per heavy atom. The minimum Gasteiger partial charge on any atom is -0.478 e. The van der Waals surface area contributed by atoms with Crippen LogP contribution in [0.1, 0.15) is 16.7 Å². The summed E-state index contributed by atoms with van der Waals surface area (Å²) >= 11 is 0. The molecule has 0 fully saturated rings. The van der Waals surface area contributed by atoms with Crippen LogP contribution in [-0.2, 0) is 4.79 Å². The van der Waals surface area contributed by atoms with E-state index in [1.54, 1.807) is 18.2 Å². The van der Waals surface area contributed by atoms with Crippen molar-refractivity contribution in [3.63, 3.8) is 0 Å². The summed E-state index contributed by atoms with van der Waals surface area (Å²) in [6.45, 7) is 0. The van der Waals surface area contributed by atoms with E-state index < -0.39 is 10.9 Å². The van der Waals surface area contributed by atoms with Crippen LogP contribution in [0.4, 0.5) is 5.69 Å². The molecule has 0 atom stereocenters. The van der Waals surface area contributed by atoms with Gasteiger partial charge in [-0.1, -0.05) is 24.3 Å². The van der Waals surface area contributed by atoms with Crippen LogP contribution in [0, 0.1) is 21.4 Å². The Bertz CT molecular complexity index is 819. The lowest BCUT2D eigenvalue weighted by Crippen LogP contribution is -2.01. The van der Waals surface area contributed by atoms with Gasteiger partial charge in [0.25, 0.3) is 5.69 Å². The maximum Gasteiger partial charge on any atom is 0.336 e. The van der Waals surface area contributed by atoms with Crippen molar-refractivity contribution in [2.75, 3.05) is 0 Å². The van der Waals surface area contributed by atoms with Gasteiger partial charge in [0.2, 0.25) is 0 Å². The van der Waals surface area contributed by atoms with Gasteiger partial charge in [0.1, 0.15) is 0 Å². The molecule has 2 aromatic carbocycles. The van der Waals surface area contributed by atoms with Crippen molar-refractivity contribution in [1.82, 2.24) is 0 Å². The van der Waals surface area contributed by atoms with Crippen LogP contribution in [0.25, 0.3) is 11.6 Å². The number of nitro groups is 1. The molecule has 0 aliphatic heterocycles. The van der Waals surface area contributed by atoms with Gasteiger partial charge in [0, 0.05) is 6.07 Å². The summed E-state index contributed by atoms with van der Waals surface area (Å²) in [4.78, 5) is 21.9. The molecular weight excluding hydrogens is 284 g/mol. The largest absolute Gasteiger partial charge is 0.478 e. The first-order valence-corrected chi connectivity index (χ1v) is 6.22. The molecule has 6 heteroatoms. The van der Waals surface area contributed by atoms with Gasteiger partial charge in [-0.05, 0) is 29.8 Å². The summed E-state index contributed by atoms with van der Waals surface area (Å²) in [6.07, 6.45) is 1.23. The number of para-hydroxylation sites is 1. The quantitative estimate of drug-likeness (QED) is 0.404. The number of aliphatic carboxylic acids is 1. The summed E-state index contributed by atoms with van der Waals surface area (Å²) in [6, 6.07) is 13.9. The number of hydrogen-bond donors (Lipinski definition) is 1. The molecule has 0 bridgehead atoms. The van der Waals surface area contributed by atoms with Crippen LogP contribution < -0.4 is 0 Å². The molecule has 0 aromatic heterocycles. The van der Waals surface area contributed by atoms with E-state index in [1.165, 1.54) is 36.4 Å². The number of nitro benzene ring substituents is 1. The molecule has 108 valence electrons. The zero-order chi connectivity index (χ0) is 16.1. The highest BCUT2D eigenvalue weighted by molar-refractivity contribution is 6.21. The van der Waals surface area contributed by atoms with Gasteiger partial charge in [-0.15, -0.1) is 0 Å². The Hall–Kier alpha value is -3.46. The highest BCUT2D eigenvalue weighted by Gasteiger charge is 2.16. The van der Waals surface area contributed by atoms with Gasteiger partial charge in [-0.25, -0.2) is 4.79 Å². The third kappa shape index (κ3) is 3.16. The fourth-order valence-electron chi connectivity index (χ4n) is 1.96. The van der Waals surface area contributed by atoms with Crippen LogP contribution in [0.2, 0.25) is 0 Å². The van der Waals surface area contributed by atoms with E-state index in [0.29, 0.717) is 11.1 Å². The lowest BCUT2D eigenvalue weighted by atomic mass is 10.0. The highest BCUT2D eigenvalue weighted by atomic mass is 16.6. The number of carboxylic acids is 1. The maximum atomic E-state index is 11.5. The van der Waals surface area contributed by atoms with Crippen LogP contribution in [-0.4, -0.2) is 16.0 Å². The Kier molecular flexibility index (Phi) is 4.30.